The van der Waals surface area contributed by atoms with Crippen molar-refractivity contribution in [2.24, 2.45) is 0 Å². The van der Waals surface area contributed by atoms with Crippen molar-refractivity contribution in [3.63, 3.8) is 0 Å². The van der Waals surface area contributed by atoms with Gasteiger partial charge < -0.3 is 10.6 Å². The molecule has 0 aromatic heterocycles. The second-order valence-electron chi connectivity index (χ2n) is 4.35. The highest BCUT2D eigenvalue weighted by Crippen LogP contribution is 2.11. The van der Waals surface area contributed by atoms with Crippen LogP contribution in [0.2, 0.25) is 0 Å². The number of hydrogen-bond donors (Lipinski definition) is 2. The Morgan fingerprint density at radius 2 is 2.12 bits per heavy atom. The van der Waals surface area contributed by atoms with Crippen LogP contribution in [-0.2, 0) is 11.3 Å². The molecule has 0 spiro atoms. The summed E-state index contributed by atoms with van der Waals surface area (Å²) in [5.41, 5.74) is 1.12. The van der Waals surface area contributed by atoms with Crippen molar-refractivity contribution < 1.29 is 4.79 Å². The fraction of sp³-hybridized carbons (Fsp3) is 0.462. The van der Waals surface area contributed by atoms with Gasteiger partial charge in [-0.25, -0.2) is 0 Å². The summed E-state index contributed by atoms with van der Waals surface area (Å²) in [6.07, 6.45) is 3.27. The lowest BCUT2D eigenvalue weighted by Gasteiger charge is -2.22. The fourth-order valence-corrected chi connectivity index (χ4v) is 2.25. The van der Waals surface area contributed by atoms with Crippen molar-refractivity contribution in [2.75, 3.05) is 6.54 Å². The molecule has 1 fully saturated rings. The smallest absolute Gasteiger partial charge is 0.237 e. The number of rotatable bonds is 3. The average molecular weight is 297 g/mol. The Labute approximate surface area is 110 Å². The first-order chi connectivity index (χ1) is 8.25. The van der Waals surface area contributed by atoms with Crippen LogP contribution in [0.4, 0.5) is 0 Å². The Morgan fingerprint density at radius 3 is 2.76 bits per heavy atom. The summed E-state index contributed by atoms with van der Waals surface area (Å²) in [7, 11) is 0. The van der Waals surface area contributed by atoms with Gasteiger partial charge in [-0.05, 0) is 37.1 Å². The molecule has 1 amide bonds. The van der Waals surface area contributed by atoms with Crippen molar-refractivity contribution in [3.8, 4) is 0 Å². The molecule has 1 aliphatic heterocycles. The maximum atomic E-state index is 11.9. The molecule has 2 rings (SSSR count). The highest BCUT2D eigenvalue weighted by atomic mass is 79.9. The van der Waals surface area contributed by atoms with Crippen molar-refractivity contribution in [1.82, 2.24) is 10.6 Å². The normalized spacial score (nSPS) is 19.9. The van der Waals surface area contributed by atoms with Gasteiger partial charge in [-0.2, -0.15) is 0 Å². The first kappa shape index (κ1) is 12.6. The van der Waals surface area contributed by atoms with Gasteiger partial charge in [-0.3, -0.25) is 4.79 Å². The molecule has 92 valence electrons. The number of carbonyl (C=O) groups excluding carboxylic acids is 1. The molecule has 0 bridgehead atoms. The van der Waals surface area contributed by atoms with Crippen molar-refractivity contribution in [2.45, 2.75) is 31.8 Å². The van der Waals surface area contributed by atoms with E-state index < -0.39 is 0 Å². The van der Waals surface area contributed by atoms with Crippen LogP contribution in [-0.4, -0.2) is 18.5 Å². The van der Waals surface area contributed by atoms with E-state index in [0.717, 1.165) is 29.4 Å². The Bertz CT molecular complexity index is 372. The number of piperidine rings is 1. The van der Waals surface area contributed by atoms with Gasteiger partial charge in [-0.1, -0.05) is 34.5 Å². The summed E-state index contributed by atoms with van der Waals surface area (Å²) in [6.45, 7) is 1.56. The van der Waals surface area contributed by atoms with E-state index in [1.807, 2.05) is 24.3 Å². The molecule has 4 heteroatoms. The zero-order chi connectivity index (χ0) is 12.1. The standard InChI is InChI=1S/C13H17BrN2O/c14-11-6-4-10(5-7-11)9-16-13(17)12-3-1-2-8-15-12/h4-7,12,15H,1-3,8-9H2,(H,16,17). The molecule has 1 aliphatic rings. The first-order valence-electron chi connectivity index (χ1n) is 6.01. The third-order valence-corrected chi connectivity index (χ3v) is 3.54. The highest BCUT2D eigenvalue weighted by molar-refractivity contribution is 9.10. The van der Waals surface area contributed by atoms with Gasteiger partial charge in [-0.15, -0.1) is 0 Å². The summed E-state index contributed by atoms with van der Waals surface area (Å²) >= 11 is 3.39. The maximum absolute atomic E-state index is 11.9. The van der Waals surface area contributed by atoms with Crippen molar-refractivity contribution in [3.05, 3.63) is 34.3 Å². The molecule has 1 atom stereocenters. The molecule has 17 heavy (non-hydrogen) atoms. The predicted molar refractivity (Wildman–Crippen MR) is 71.6 cm³/mol. The molecule has 1 saturated heterocycles. The van der Waals surface area contributed by atoms with Crippen LogP contribution < -0.4 is 10.6 Å². The van der Waals surface area contributed by atoms with Crippen LogP contribution in [0.1, 0.15) is 24.8 Å². The second kappa shape index (κ2) is 6.17. The Hall–Kier alpha value is -0.870. The number of amides is 1. The molecule has 1 aromatic rings. The third kappa shape index (κ3) is 3.82. The van der Waals surface area contributed by atoms with E-state index >= 15 is 0 Å². The predicted octanol–water partition coefficient (Wildman–Crippen LogP) is 2.21. The minimum Gasteiger partial charge on any atom is -0.351 e. The molecule has 1 unspecified atom stereocenters. The first-order valence-corrected chi connectivity index (χ1v) is 6.80. The number of benzene rings is 1. The summed E-state index contributed by atoms with van der Waals surface area (Å²) in [5.74, 6) is 0.118. The van der Waals surface area contributed by atoms with E-state index in [4.69, 9.17) is 0 Å². The molecular formula is C13H17BrN2O. The Balaban J connectivity index is 1.81. The van der Waals surface area contributed by atoms with E-state index in [2.05, 4.69) is 26.6 Å². The van der Waals surface area contributed by atoms with Gasteiger partial charge in [0.25, 0.3) is 0 Å². The number of carbonyl (C=O) groups is 1. The van der Waals surface area contributed by atoms with E-state index in [0.29, 0.717) is 6.54 Å². The van der Waals surface area contributed by atoms with Crippen LogP contribution in [0.3, 0.4) is 0 Å². The number of hydrogen-bond acceptors (Lipinski definition) is 2. The zero-order valence-electron chi connectivity index (χ0n) is 9.71. The number of nitrogens with one attached hydrogen (secondary N) is 2. The van der Waals surface area contributed by atoms with Gasteiger partial charge in [0.1, 0.15) is 0 Å². The lowest BCUT2D eigenvalue weighted by molar-refractivity contribution is -0.123. The molecular weight excluding hydrogens is 280 g/mol. The zero-order valence-corrected chi connectivity index (χ0v) is 11.3. The topological polar surface area (TPSA) is 41.1 Å². The van der Waals surface area contributed by atoms with E-state index in [-0.39, 0.29) is 11.9 Å². The Morgan fingerprint density at radius 1 is 1.35 bits per heavy atom. The molecule has 1 aromatic carbocycles. The minimum atomic E-state index is -0.000742. The van der Waals surface area contributed by atoms with Crippen molar-refractivity contribution in [1.29, 1.82) is 0 Å². The van der Waals surface area contributed by atoms with Crippen LogP contribution in [0.25, 0.3) is 0 Å². The van der Waals surface area contributed by atoms with Gasteiger partial charge in [0.15, 0.2) is 0 Å². The molecule has 1 heterocycles. The lowest BCUT2D eigenvalue weighted by Crippen LogP contribution is -2.46. The van der Waals surface area contributed by atoms with Crippen LogP contribution in [0, 0.1) is 0 Å². The minimum absolute atomic E-state index is 0.000742. The summed E-state index contributed by atoms with van der Waals surface area (Å²) < 4.78 is 1.06. The van der Waals surface area contributed by atoms with Gasteiger partial charge >= 0.3 is 0 Å². The lowest BCUT2D eigenvalue weighted by atomic mass is 10.0. The molecule has 0 saturated carbocycles. The molecule has 2 N–H and O–H groups in total. The van der Waals surface area contributed by atoms with E-state index in [1.165, 1.54) is 6.42 Å². The van der Waals surface area contributed by atoms with Gasteiger partial charge in [0, 0.05) is 11.0 Å². The highest BCUT2D eigenvalue weighted by Gasteiger charge is 2.19. The summed E-state index contributed by atoms with van der Waals surface area (Å²) in [6, 6.07) is 8.00. The average Bonchev–Trinajstić information content (AvgIpc) is 2.39. The van der Waals surface area contributed by atoms with E-state index in [9.17, 15) is 4.79 Å². The van der Waals surface area contributed by atoms with Gasteiger partial charge in [0.2, 0.25) is 5.91 Å². The Kier molecular flexibility index (Phi) is 4.57. The van der Waals surface area contributed by atoms with Crippen LogP contribution in [0.5, 0.6) is 0 Å². The van der Waals surface area contributed by atoms with E-state index in [1.54, 1.807) is 0 Å². The number of halogens is 1. The quantitative estimate of drug-likeness (QED) is 0.898. The monoisotopic (exact) mass is 296 g/mol. The summed E-state index contributed by atoms with van der Waals surface area (Å²) in [5, 5.41) is 6.22. The molecule has 0 aliphatic carbocycles. The second-order valence-corrected chi connectivity index (χ2v) is 5.26. The third-order valence-electron chi connectivity index (χ3n) is 3.01. The molecule has 0 radical (unpaired) electrons. The maximum Gasteiger partial charge on any atom is 0.237 e. The van der Waals surface area contributed by atoms with Crippen molar-refractivity contribution >= 4 is 21.8 Å². The molecule has 3 nitrogen and oxygen atoms in total. The van der Waals surface area contributed by atoms with Crippen LogP contribution >= 0.6 is 15.9 Å². The van der Waals surface area contributed by atoms with Crippen LogP contribution in [0.15, 0.2) is 28.7 Å². The largest absolute Gasteiger partial charge is 0.351 e. The SMILES string of the molecule is O=C(NCc1ccc(Br)cc1)C1CCCCN1. The summed E-state index contributed by atoms with van der Waals surface area (Å²) in [4.78, 5) is 11.9. The fourth-order valence-electron chi connectivity index (χ4n) is 1.99. The van der Waals surface area contributed by atoms with Gasteiger partial charge in [0.05, 0.1) is 6.04 Å².